The maximum Gasteiger partial charge on any atom is 0.374 e. The molecule has 1 N–H and O–H groups in total. The lowest BCUT2D eigenvalue weighted by molar-refractivity contribution is -0.118. The predicted molar refractivity (Wildman–Crippen MR) is 70.8 cm³/mol. The summed E-state index contributed by atoms with van der Waals surface area (Å²) in [6.07, 6.45) is 0. The van der Waals surface area contributed by atoms with E-state index in [1.165, 1.54) is 9.47 Å². The van der Waals surface area contributed by atoms with Gasteiger partial charge in [-0.2, -0.15) is 0 Å². The monoisotopic (exact) mass is 292 g/mol. The van der Waals surface area contributed by atoms with Crippen LogP contribution in [0.15, 0.2) is 18.2 Å². The molecule has 102 valence electrons. The Balaban J connectivity index is 2.32. The van der Waals surface area contributed by atoms with Crippen molar-refractivity contribution in [3.8, 4) is 11.4 Å². The van der Waals surface area contributed by atoms with E-state index < -0.39 is 5.97 Å². The van der Waals surface area contributed by atoms with Gasteiger partial charge < -0.3 is 10.0 Å². The molecule has 2 heterocycles. The molecule has 1 aromatic carbocycles. The Hall–Kier alpha value is -2.41. The Labute approximate surface area is 118 Å². The molecule has 1 aliphatic rings. The lowest BCUT2D eigenvalue weighted by Crippen LogP contribution is -2.29. The van der Waals surface area contributed by atoms with Crippen molar-refractivity contribution in [3.05, 3.63) is 29.0 Å². The van der Waals surface area contributed by atoms with Gasteiger partial charge in [0, 0.05) is 17.6 Å². The van der Waals surface area contributed by atoms with Crippen LogP contribution in [-0.2, 0) is 11.3 Å². The van der Waals surface area contributed by atoms with Crippen LogP contribution in [0.2, 0.25) is 5.02 Å². The summed E-state index contributed by atoms with van der Waals surface area (Å²) >= 11 is 5.97. The van der Waals surface area contributed by atoms with E-state index in [1.807, 2.05) is 0 Å². The number of carboxylic acid groups (broad SMARTS) is 1. The van der Waals surface area contributed by atoms with Crippen LogP contribution >= 0.6 is 11.6 Å². The second-order valence-corrected chi connectivity index (χ2v) is 4.79. The number of carboxylic acids is 1. The molecule has 2 aromatic rings. The molecular weight excluding hydrogens is 284 g/mol. The van der Waals surface area contributed by atoms with E-state index in [9.17, 15) is 9.59 Å². The quantitative estimate of drug-likeness (QED) is 0.855. The molecule has 1 amide bonds. The van der Waals surface area contributed by atoms with Crippen molar-refractivity contribution < 1.29 is 14.7 Å². The molecular formula is C12H9ClN4O3. The van der Waals surface area contributed by atoms with Crippen LogP contribution in [0, 0.1) is 0 Å². The molecule has 0 bridgehead atoms. The third kappa shape index (κ3) is 1.75. The molecule has 0 atom stereocenters. The van der Waals surface area contributed by atoms with Crippen molar-refractivity contribution >= 4 is 29.2 Å². The molecule has 20 heavy (non-hydrogen) atoms. The fourth-order valence-corrected chi connectivity index (χ4v) is 2.34. The van der Waals surface area contributed by atoms with Crippen molar-refractivity contribution in [2.45, 2.75) is 6.54 Å². The number of aromatic carboxylic acids is 1. The Bertz CT molecular complexity index is 740. The molecule has 3 rings (SSSR count). The number of carbonyl (C=O) groups excluding carboxylic acids is 1. The van der Waals surface area contributed by atoms with E-state index in [0.717, 1.165) is 0 Å². The topological polar surface area (TPSA) is 88.3 Å². The van der Waals surface area contributed by atoms with Crippen molar-refractivity contribution in [1.82, 2.24) is 14.8 Å². The Morgan fingerprint density at radius 1 is 1.40 bits per heavy atom. The van der Waals surface area contributed by atoms with E-state index in [2.05, 4.69) is 10.2 Å². The summed E-state index contributed by atoms with van der Waals surface area (Å²) in [6, 6.07) is 4.99. The summed E-state index contributed by atoms with van der Waals surface area (Å²) in [5, 5.41) is 17.1. The van der Waals surface area contributed by atoms with Crippen molar-refractivity contribution in [3.63, 3.8) is 0 Å². The number of fused-ring (bicyclic) bond motifs is 3. The van der Waals surface area contributed by atoms with Crippen molar-refractivity contribution in [2.75, 3.05) is 11.9 Å². The Kier molecular flexibility index (Phi) is 2.72. The number of likely N-dealkylation sites (N-methyl/N-ethyl adjacent to an activating group) is 1. The van der Waals surface area contributed by atoms with Crippen molar-refractivity contribution in [1.29, 1.82) is 0 Å². The zero-order valence-electron chi connectivity index (χ0n) is 10.4. The smallest absolute Gasteiger partial charge is 0.374 e. The van der Waals surface area contributed by atoms with E-state index in [0.29, 0.717) is 22.1 Å². The number of rotatable bonds is 1. The molecule has 1 aromatic heterocycles. The maximum absolute atomic E-state index is 12.1. The number of aromatic nitrogens is 3. The van der Waals surface area contributed by atoms with Gasteiger partial charge in [0.15, 0.2) is 5.82 Å². The molecule has 1 aliphatic heterocycles. The summed E-state index contributed by atoms with van der Waals surface area (Å²) in [6.45, 7) is -0.132. The van der Waals surface area contributed by atoms with Gasteiger partial charge in [-0.3, -0.25) is 9.36 Å². The van der Waals surface area contributed by atoms with E-state index >= 15 is 0 Å². The van der Waals surface area contributed by atoms with Crippen LogP contribution in [0.3, 0.4) is 0 Å². The minimum atomic E-state index is -1.23. The first-order valence-corrected chi connectivity index (χ1v) is 6.10. The first-order valence-electron chi connectivity index (χ1n) is 5.72. The van der Waals surface area contributed by atoms with Crippen LogP contribution in [0.5, 0.6) is 0 Å². The minimum Gasteiger partial charge on any atom is -0.475 e. The van der Waals surface area contributed by atoms with Gasteiger partial charge >= 0.3 is 5.97 Å². The fourth-order valence-electron chi connectivity index (χ4n) is 2.17. The molecule has 0 saturated heterocycles. The van der Waals surface area contributed by atoms with Gasteiger partial charge in [0.05, 0.1) is 5.69 Å². The molecule has 0 aliphatic carbocycles. The van der Waals surface area contributed by atoms with E-state index in [1.54, 1.807) is 25.2 Å². The first kappa shape index (κ1) is 12.6. The largest absolute Gasteiger partial charge is 0.475 e. The summed E-state index contributed by atoms with van der Waals surface area (Å²) in [5.41, 5.74) is 1.19. The van der Waals surface area contributed by atoms with Gasteiger partial charge in [-0.1, -0.05) is 11.6 Å². The maximum atomic E-state index is 12.1. The summed E-state index contributed by atoms with van der Waals surface area (Å²) in [7, 11) is 1.62. The number of halogens is 1. The normalized spacial score (nSPS) is 13.7. The lowest BCUT2D eigenvalue weighted by atomic mass is 10.1. The highest BCUT2D eigenvalue weighted by molar-refractivity contribution is 6.31. The molecule has 0 saturated carbocycles. The number of anilines is 1. The van der Waals surface area contributed by atoms with Gasteiger partial charge in [0.25, 0.3) is 0 Å². The van der Waals surface area contributed by atoms with Crippen LogP contribution in [0.25, 0.3) is 11.4 Å². The fraction of sp³-hybridized carbons (Fsp3) is 0.167. The second kappa shape index (κ2) is 4.31. The average Bonchev–Trinajstić information content (AvgIpc) is 2.77. The highest BCUT2D eigenvalue weighted by Crippen LogP contribution is 2.34. The van der Waals surface area contributed by atoms with Gasteiger partial charge in [-0.25, -0.2) is 4.79 Å². The second-order valence-electron chi connectivity index (χ2n) is 4.35. The van der Waals surface area contributed by atoms with E-state index in [-0.39, 0.29) is 18.3 Å². The lowest BCUT2D eigenvalue weighted by Gasteiger charge is -2.16. The SMILES string of the molecule is CN1C(=O)Cn2c(C(=O)O)nnc2-c2cc(Cl)ccc21. The van der Waals surface area contributed by atoms with Crippen molar-refractivity contribution in [2.24, 2.45) is 0 Å². The van der Waals surface area contributed by atoms with Crippen LogP contribution in [-0.4, -0.2) is 38.8 Å². The average molecular weight is 293 g/mol. The Morgan fingerprint density at radius 2 is 2.15 bits per heavy atom. The van der Waals surface area contributed by atoms with E-state index in [4.69, 9.17) is 16.7 Å². The number of hydrogen-bond acceptors (Lipinski definition) is 4. The van der Waals surface area contributed by atoms with Crippen LogP contribution in [0.4, 0.5) is 5.69 Å². The van der Waals surface area contributed by atoms with Crippen LogP contribution < -0.4 is 4.90 Å². The number of amides is 1. The number of nitrogens with zero attached hydrogens (tertiary/aromatic N) is 4. The highest BCUT2D eigenvalue weighted by Gasteiger charge is 2.29. The molecule has 0 spiro atoms. The molecule has 0 radical (unpaired) electrons. The van der Waals surface area contributed by atoms with Gasteiger partial charge in [0.1, 0.15) is 6.54 Å². The highest BCUT2D eigenvalue weighted by atomic mass is 35.5. The summed E-state index contributed by atoms with van der Waals surface area (Å²) in [4.78, 5) is 24.7. The third-order valence-corrected chi connectivity index (χ3v) is 3.41. The summed E-state index contributed by atoms with van der Waals surface area (Å²) < 4.78 is 1.28. The Morgan fingerprint density at radius 3 is 2.85 bits per heavy atom. The zero-order chi connectivity index (χ0) is 14.4. The number of benzene rings is 1. The minimum absolute atomic E-state index is 0.132. The standard InChI is InChI=1S/C12H9ClN4O3/c1-16-8-3-2-6(13)4-7(8)10-14-15-11(12(19)20)17(10)5-9(16)18/h2-4H,5H2,1H3,(H,19,20). The van der Waals surface area contributed by atoms with Crippen LogP contribution in [0.1, 0.15) is 10.6 Å². The predicted octanol–water partition coefficient (Wildman–Crippen LogP) is 1.27. The zero-order valence-corrected chi connectivity index (χ0v) is 11.1. The molecule has 7 nitrogen and oxygen atoms in total. The molecule has 0 unspecified atom stereocenters. The number of hydrogen-bond donors (Lipinski definition) is 1. The molecule has 8 heteroatoms. The molecule has 0 fully saturated rings. The van der Waals surface area contributed by atoms with Gasteiger partial charge in [-0.15, -0.1) is 10.2 Å². The van der Waals surface area contributed by atoms with Gasteiger partial charge in [0.2, 0.25) is 11.7 Å². The van der Waals surface area contributed by atoms with Gasteiger partial charge in [-0.05, 0) is 18.2 Å². The summed E-state index contributed by atoms with van der Waals surface area (Å²) in [5.74, 6) is -1.44. The first-order chi connectivity index (χ1) is 9.49. The number of carbonyl (C=O) groups is 2. The third-order valence-electron chi connectivity index (χ3n) is 3.17.